The molecule has 1 aromatic carbocycles. The Kier molecular flexibility index (Phi) is 5.14. The largest absolute Gasteiger partial charge is 0.388 e. The molecule has 1 amide bonds. The van der Waals surface area contributed by atoms with E-state index in [0.717, 1.165) is 30.4 Å². The van der Waals surface area contributed by atoms with Crippen molar-refractivity contribution in [3.63, 3.8) is 0 Å². The van der Waals surface area contributed by atoms with Gasteiger partial charge >= 0.3 is 0 Å². The summed E-state index contributed by atoms with van der Waals surface area (Å²) < 4.78 is 16.5. The van der Waals surface area contributed by atoms with Gasteiger partial charge < -0.3 is 20.3 Å². The van der Waals surface area contributed by atoms with E-state index in [0.29, 0.717) is 29.8 Å². The Morgan fingerprint density at radius 2 is 2.29 bits per heavy atom. The fourth-order valence-corrected chi connectivity index (χ4v) is 5.03. The van der Waals surface area contributed by atoms with Crippen molar-refractivity contribution in [1.82, 2.24) is 15.2 Å². The van der Waals surface area contributed by atoms with Gasteiger partial charge in [-0.1, -0.05) is 17.7 Å². The molecule has 0 radical (unpaired) electrons. The summed E-state index contributed by atoms with van der Waals surface area (Å²) in [7, 11) is 0. The molecule has 28 heavy (non-hydrogen) atoms. The standard InChI is InChI=1S/C21H27ClFN3O2/c1-20(23)7-3-8-21(28,12-20)13-25-19(27)15-11-26(14-6-9-24-10-14)17-5-2-4-16(22)18(15)17/h2,4-5,11,14,24,28H,3,6-10,12-13H2,1H3,(H,25,27). The number of aliphatic hydroxyl groups is 1. The molecule has 1 aliphatic carbocycles. The maximum atomic E-state index is 14.4. The van der Waals surface area contributed by atoms with E-state index in [1.54, 1.807) is 6.07 Å². The molecule has 1 aliphatic heterocycles. The molecule has 0 spiro atoms. The van der Waals surface area contributed by atoms with Crippen molar-refractivity contribution in [2.45, 2.75) is 56.3 Å². The van der Waals surface area contributed by atoms with Gasteiger partial charge in [-0.25, -0.2) is 4.39 Å². The fraction of sp³-hybridized carbons (Fsp3) is 0.571. The predicted octanol–water partition coefficient (Wildman–Crippen LogP) is 3.59. The van der Waals surface area contributed by atoms with E-state index in [-0.39, 0.29) is 24.9 Å². The summed E-state index contributed by atoms with van der Waals surface area (Å²) in [6.45, 7) is 3.35. The Bertz CT molecular complexity index is 891. The second kappa shape index (κ2) is 7.32. The number of amides is 1. The molecule has 2 aromatic rings. The molecule has 3 unspecified atom stereocenters. The van der Waals surface area contributed by atoms with Gasteiger partial charge in [0, 0.05) is 37.1 Å². The van der Waals surface area contributed by atoms with Crippen molar-refractivity contribution in [3.05, 3.63) is 35.0 Å². The van der Waals surface area contributed by atoms with Crippen molar-refractivity contribution < 1.29 is 14.3 Å². The van der Waals surface area contributed by atoms with Crippen molar-refractivity contribution in [2.24, 2.45) is 0 Å². The number of hydrogen-bond acceptors (Lipinski definition) is 3. The van der Waals surface area contributed by atoms with E-state index in [1.807, 2.05) is 18.3 Å². The summed E-state index contributed by atoms with van der Waals surface area (Å²) in [4.78, 5) is 13.0. The third-order valence-corrected chi connectivity index (χ3v) is 6.41. The van der Waals surface area contributed by atoms with Crippen LogP contribution in [0, 0.1) is 0 Å². The lowest BCUT2D eigenvalue weighted by molar-refractivity contribution is -0.0533. The van der Waals surface area contributed by atoms with Gasteiger partial charge in [-0.2, -0.15) is 0 Å². The number of carbonyl (C=O) groups is 1. The van der Waals surface area contributed by atoms with Crippen LogP contribution in [0.3, 0.4) is 0 Å². The Hall–Kier alpha value is -1.63. The smallest absolute Gasteiger partial charge is 0.253 e. The van der Waals surface area contributed by atoms with Crippen LogP contribution in [0.2, 0.25) is 5.02 Å². The molecule has 1 aromatic heterocycles. The summed E-state index contributed by atoms with van der Waals surface area (Å²) in [5.74, 6) is -0.289. The normalized spacial score (nSPS) is 30.6. The molecule has 2 heterocycles. The number of rotatable bonds is 4. The van der Waals surface area contributed by atoms with E-state index >= 15 is 0 Å². The van der Waals surface area contributed by atoms with Crippen molar-refractivity contribution in [3.8, 4) is 0 Å². The van der Waals surface area contributed by atoms with Crippen LogP contribution in [-0.2, 0) is 0 Å². The first-order valence-corrected chi connectivity index (χ1v) is 10.4. The summed E-state index contributed by atoms with van der Waals surface area (Å²) in [5, 5.41) is 18.2. The maximum Gasteiger partial charge on any atom is 0.253 e. The molecule has 2 fully saturated rings. The second-order valence-electron chi connectivity index (χ2n) is 8.58. The quantitative estimate of drug-likeness (QED) is 0.725. The van der Waals surface area contributed by atoms with E-state index in [9.17, 15) is 14.3 Å². The molecule has 3 N–H and O–H groups in total. The molecular weight excluding hydrogens is 381 g/mol. The van der Waals surface area contributed by atoms with Gasteiger partial charge in [0.1, 0.15) is 5.67 Å². The number of nitrogens with zero attached hydrogens (tertiary/aromatic N) is 1. The highest BCUT2D eigenvalue weighted by Gasteiger charge is 2.41. The Morgan fingerprint density at radius 3 is 3.00 bits per heavy atom. The van der Waals surface area contributed by atoms with Crippen molar-refractivity contribution in [2.75, 3.05) is 19.6 Å². The van der Waals surface area contributed by atoms with E-state index < -0.39 is 11.3 Å². The predicted molar refractivity (Wildman–Crippen MR) is 109 cm³/mol. The number of alkyl halides is 1. The van der Waals surface area contributed by atoms with Crippen LogP contribution in [0.5, 0.6) is 0 Å². The highest BCUT2D eigenvalue weighted by Crippen LogP contribution is 2.38. The monoisotopic (exact) mass is 407 g/mol. The van der Waals surface area contributed by atoms with Crippen molar-refractivity contribution in [1.29, 1.82) is 0 Å². The Balaban J connectivity index is 1.59. The SMILES string of the molecule is CC1(F)CCCC(O)(CNC(=O)c2cn(C3CCNC3)c3cccc(Cl)c23)C1. The van der Waals surface area contributed by atoms with Gasteiger partial charge in [-0.3, -0.25) is 4.79 Å². The third kappa shape index (κ3) is 3.78. The minimum Gasteiger partial charge on any atom is -0.388 e. The lowest BCUT2D eigenvalue weighted by Crippen LogP contribution is -2.49. The van der Waals surface area contributed by atoms with Crippen LogP contribution < -0.4 is 10.6 Å². The maximum absolute atomic E-state index is 14.4. The number of halogens is 2. The van der Waals surface area contributed by atoms with Crippen molar-refractivity contribution >= 4 is 28.4 Å². The van der Waals surface area contributed by atoms with Gasteiger partial charge in [0.15, 0.2) is 0 Å². The molecular formula is C21H27ClFN3O2. The van der Waals surface area contributed by atoms with E-state index in [4.69, 9.17) is 11.6 Å². The minimum absolute atomic E-state index is 0.0352. The topological polar surface area (TPSA) is 66.3 Å². The lowest BCUT2D eigenvalue weighted by Gasteiger charge is -2.38. The molecule has 1 saturated carbocycles. The Morgan fingerprint density at radius 1 is 1.46 bits per heavy atom. The molecule has 152 valence electrons. The van der Waals surface area contributed by atoms with Crippen LogP contribution in [-0.4, -0.2) is 46.5 Å². The van der Waals surface area contributed by atoms with E-state index in [1.165, 1.54) is 6.92 Å². The van der Waals surface area contributed by atoms with Gasteiger partial charge in [0.2, 0.25) is 0 Å². The minimum atomic E-state index is -1.40. The second-order valence-corrected chi connectivity index (χ2v) is 8.99. The number of benzene rings is 1. The van der Waals surface area contributed by atoms with Gasteiger partial charge in [-0.05, 0) is 51.3 Å². The van der Waals surface area contributed by atoms with E-state index in [2.05, 4.69) is 15.2 Å². The molecule has 3 atom stereocenters. The lowest BCUT2D eigenvalue weighted by atomic mass is 9.77. The average molecular weight is 408 g/mol. The first-order valence-electron chi connectivity index (χ1n) is 9.97. The number of aromatic nitrogens is 1. The molecule has 2 aliphatic rings. The molecule has 7 heteroatoms. The van der Waals surface area contributed by atoms with Gasteiger partial charge in [0.05, 0.1) is 21.7 Å². The zero-order chi connectivity index (χ0) is 19.9. The highest BCUT2D eigenvalue weighted by molar-refractivity contribution is 6.36. The fourth-order valence-electron chi connectivity index (χ4n) is 4.76. The number of nitrogens with one attached hydrogen (secondary N) is 2. The Labute approximate surface area is 169 Å². The molecule has 1 saturated heterocycles. The summed E-state index contributed by atoms with van der Waals surface area (Å²) >= 11 is 6.43. The first kappa shape index (κ1) is 19.7. The van der Waals surface area contributed by atoms with Crippen LogP contribution >= 0.6 is 11.6 Å². The van der Waals surface area contributed by atoms with Crippen LogP contribution in [0.25, 0.3) is 10.9 Å². The summed E-state index contributed by atoms with van der Waals surface area (Å²) in [6, 6.07) is 5.91. The number of hydrogen-bond donors (Lipinski definition) is 3. The summed E-state index contributed by atoms with van der Waals surface area (Å²) in [6.07, 6.45) is 4.43. The zero-order valence-electron chi connectivity index (χ0n) is 16.1. The molecule has 5 nitrogen and oxygen atoms in total. The first-order chi connectivity index (χ1) is 13.3. The van der Waals surface area contributed by atoms with Crippen LogP contribution in [0.15, 0.2) is 24.4 Å². The summed E-state index contributed by atoms with van der Waals surface area (Å²) in [5.41, 5.74) is -1.18. The van der Waals surface area contributed by atoms with Crippen LogP contribution in [0.1, 0.15) is 55.4 Å². The van der Waals surface area contributed by atoms with Gasteiger partial charge in [-0.15, -0.1) is 0 Å². The average Bonchev–Trinajstić information content (AvgIpc) is 3.26. The molecule has 0 bridgehead atoms. The third-order valence-electron chi connectivity index (χ3n) is 6.10. The van der Waals surface area contributed by atoms with Crippen LogP contribution in [0.4, 0.5) is 4.39 Å². The molecule has 4 rings (SSSR count). The zero-order valence-corrected chi connectivity index (χ0v) is 16.9. The number of carbonyl (C=O) groups excluding carboxylic acids is 1. The highest BCUT2D eigenvalue weighted by atomic mass is 35.5. The number of fused-ring (bicyclic) bond motifs is 1. The van der Waals surface area contributed by atoms with Gasteiger partial charge in [0.25, 0.3) is 5.91 Å².